The van der Waals surface area contributed by atoms with E-state index in [0.29, 0.717) is 12.8 Å². The zero-order chi connectivity index (χ0) is 58.1. The topological polar surface area (TPSA) is 220 Å². The van der Waals surface area contributed by atoms with Gasteiger partial charge in [-0.1, -0.05) is 216 Å². The molecule has 0 aliphatic carbocycles. The predicted molar refractivity (Wildman–Crippen MR) is 310 cm³/mol. The maximum atomic E-state index is 14.1. The smallest absolute Gasteiger partial charge is 0.338 e. The Morgan fingerprint density at radius 3 is 1.43 bits per heavy atom. The number of benzene rings is 3. The van der Waals surface area contributed by atoms with Crippen molar-refractivity contribution >= 4 is 35.8 Å². The molecule has 1 aliphatic heterocycles. The standard InChI is InChI=1S/C65H93NO15/c1-3-5-7-9-11-13-15-17-19-21-23-25-36-44-54(79-63(73)51-40-32-28-33-41-51)53(66-56(67)45-37-26-24-22-20-18-16-14-12-10-8-6-4-2)46-78-65-61(81-64(74)52-42-34-29-35-43-52)60(76-49-58(70)71)59(75-48-57(68)69)55(80-65)47-77-62(72)50-38-30-27-31-39-50/h27-36,38-44,53-55,59-61,65H,3-26,37,45-49H2,1-2H3,(H,66,67)(H,68,69)(H,70,71)/b44-36+/t53-,54+,55+,59-,60-,61+,65-/m0/s1. The number of amides is 1. The Labute approximate surface area is 481 Å². The van der Waals surface area contributed by atoms with Crippen LogP contribution in [0.4, 0.5) is 0 Å². The number of esters is 3. The third-order valence-corrected chi connectivity index (χ3v) is 14.3. The van der Waals surface area contributed by atoms with Crippen LogP contribution in [0.1, 0.15) is 212 Å². The highest BCUT2D eigenvalue weighted by molar-refractivity contribution is 5.90. The van der Waals surface area contributed by atoms with Crippen molar-refractivity contribution in [3.05, 3.63) is 120 Å². The van der Waals surface area contributed by atoms with Gasteiger partial charge in [0.25, 0.3) is 0 Å². The van der Waals surface area contributed by atoms with E-state index in [0.717, 1.165) is 51.4 Å². The summed E-state index contributed by atoms with van der Waals surface area (Å²) in [4.78, 5) is 79.4. The van der Waals surface area contributed by atoms with Crippen LogP contribution in [-0.2, 0) is 47.5 Å². The second-order valence-corrected chi connectivity index (χ2v) is 21.1. The molecule has 7 atom stereocenters. The zero-order valence-corrected chi connectivity index (χ0v) is 48.3. The Morgan fingerprint density at radius 1 is 0.519 bits per heavy atom. The number of carbonyl (C=O) groups is 6. The normalized spacial score (nSPS) is 17.7. The van der Waals surface area contributed by atoms with Crippen LogP contribution in [0.3, 0.4) is 0 Å². The lowest BCUT2D eigenvalue weighted by atomic mass is 9.98. The maximum Gasteiger partial charge on any atom is 0.338 e. The Kier molecular flexibility index (Phi) is 35.0. The molecular weight excluding hydrogens is 1030 g/mol. The molecule has 1 saturated heterocycles. The first-order valence-corrected chi connectivity index (χ1v) is 30.1. The molecule has 3 aromatic carbocycles. The third kappa shape index (κ3) is 28.6. The minimum Gasteiger partial charge on any atom is -0.480 e. The van der Waals surface area contributed by atoms with Gasteiger partial charge in [0.2, 0.25) is 5.91 Å². The van der Waals surface area contributed by atoms with Crippen LogP contribution < -0.4 is 5.32 Å². The summed E-state index contributed by atoms with van der Waals surface area (Å²) in [5, 5.41) is 22.7. The maximum absolute atomic E-state index is 14.1. The summed E-state index contributed by atoms with van der Waals surface area (Å²) in [6.45, 7) is 1.55. The van der Waals surface area contributed by atoms with Gasteiger partial charge in [0.05, 0.1) is 29.3 Å². The van der Waals surface area contributed by atoms with Crippen LogP contribution in [0, 0.1) is 0 Å². The fourth-order valence-corrected chi connectivity index (χ4v) is 9.76. The van der Waals surface area contributed by atoms with Crippen molar-refractivity contribution in [3.63, 3.8) is 0 Å². The van der Waals surface area contributed by atoms with Crippen LogP contribution in [0.2, 0.25) is 0 Å². The molecule has 448 valence electrons. The lowest BCUT2D eigenvalue weighted by Gasteiger charge is -2.45. The van der Waals surface area contributed by atoms with Crippen LogP contribution in [-0.4, -0.2) is 115 Å². The number of aliphatic carboxylic acids is 2. The van der Waals surface area contributed by atoms with Gasteiger partial charge in [0, 0.05) is 6.42 Å². The minimum atomic E-state index is -1.67. The first-order chi connectivity index (χ1) is 39.5. The number of unbranched alkanes of at least 4 members (excludes halogenated alkanes) is 23. The summed E-state index contributed by atoms with van der Waals surface area (Å²) >= 11 is 0. The van der Waals surface area contributed by atoms with E-state index in [-0.39, 0.29) is 29.0 Å². The SMILES string of the molecule is CCCCCCCCCCCCC/C=C/[C@@H](OC(=O)c1ccccc1)[C@H](CO[C@H]1O[C@H](COC(=O)c2ccccc2)[C@H](OCC(=O)O)[C@H](OCC(=O)O)[C@H]1OC(=O)c1ccccc1)NC(=O)CCCCCCCCCCCCCCC. The van der Waals surface area contributed by atoms with Gasteiger partial charge in [0.1, 0.15) is 44.2 Å². The Balaban J connectivity index is 1.63. The Morgan fingerprint density at radius 2 is 0.951 bits per heavy atom. The van der Waals surface area contributed by atoms with Crippen molar-refractivity contribution in [2.24, 2.45) is 0 Å². The molecule has 4 rings (SSSR count). The van der Waals surface area contributed by atoms with Gasteiger partial charge in [-0.25, -0.2) is 24.0 Å². The van der Waals surface area contributed by atoms with E-state index < -0.39 is 99.1 Å². The molecule has 1 heterocycles. The van der Waals surface area contributed by atoms with Gasteiger partial charge in [-0.05, 0) is 61.7 Å². The second kappa shape index (κ2) is 42.0. The summed E-state index contributed by atoms with van der Waals surface area (Å²) in [6, 6.07) is 23.4. The number of carboxylic acid groups (broad SMARTS) is 2. The first kappa shape index (κ1) is 67.6. The summed E-state index contributed by atoms with van der Waals surface area (Å²) in [5.41, 5.74) is 0.577. The predicted octanol–water partition coefficient (Wildman–Crippen LogP) is 13.2. The number of carbonyl (C=O) groups excluding carboxylic acids is 4. The fraction of sp³-hybridized carbons (Fsp3) is 0.600. The third-order valence-electron chi connectivity index (χ3n) is 14.3. The van der Waals surface area contributed by atoms with E-state index in [2.05, 4.69) is 19.2 Å². The molecule has 16 heteroatoms. The Hall–Kier alpha value is -5.94. The molecule has 0 spiro atoms. The van der Waals surface area contributed by atoms with Crippen molar-refractivity contribution in [2.45, 2.75) is 224 Å². The largest absolute Gasteiger partial charge is 0.480 e. The number of nitrogens with one attached hydrogen (secondary N) is 1. The first-order valence-electron chi connectivity index (χ1n) is 30.1. The number of allylic oxidation sites excluding steroid dienone is 1. The second-order valence-electron chi connectivity index (χ2n) is 21.1. The van der Waals surface area contributed by atoms with Gasteiger partial charge < -0.3 is 48.7 Å². The molecule has 0 radical (unpaired) electrons. The molecule has 0 bridgehead atoms. The average Bonchev–Trinajstić information content (AvgIpc) is 3.68. The van der Waals surface area contributed by atoms with Crippen molar-refractivity contribution in [3.8, 4) is 0 Å². The number of carboxylic acids is 2. The highest BCUT2D eigenvalue weighted by Gasteiger charge is 2.51. The van der Waals surface area contributed by atoms with Gasteiger partial charge in [0.15, 0.2) is 12.4 Å². The summed E-state index contributed by atoms with van der Waals surface area (Å²) in [7, 11) is 0. The fourth-order valence-electron chi connectivity index (χ4n) is 9.76. The minimum absolute atomic E-state index is 0.101. The lowest BCUT2D eigenvalue weighted by Crippen LogP contribution is -2.63. The highest BCUT2D eigenvalue weighted by Crippen LogP contribution is 2.31. The highest BCUT2D eigenvalue weighted by atomic mass is 16.7. The monoisotopic (exact) mass is 1130 g/mol. The number of rotatable bonds is 45. The van der Waals surface area contributed by atoms with E-state index in [1.807, 2.05) is 6.08 Å². The van der Waals surface area contributed by atoms with Crippen LogP contribution in [0.25, 0.3) is 0 Å². The molecule has 81 heavy (non-hydrogen) atoms. The van der Waals surface area contributed by atoms with E-state index >= 15 is 0 Å². The van der Waals surface area contributed by atoms with Crippen molar-refractivity contribution in [2.75, 3.05) is 26.4 Å². The van der Waals surface area contributed by atoms with E-state index in [1.54, 1.807) is 72.8 Å². The van der Waals surface area contributed by atoms with Gasteiger partial charge in [-0.2, -0.15) is 0 Å². The summed E-state index contributed by atoms with van der Waals surface area (Å²) < 4.78 is 42.7. The number of ether oxygens (including phenoxy) is 7. The molecule has 0 aromatic heterocycles. The van der Waals surface area contributed by atoms with Crippen LogP contribution in [0.15, 0.2) is 103 Å². The average molecular weight is 1130 g/mol. The van der Waals surface area contributed by atoms with E-state index in [9.17, 15) is 39.0 Å². The molecule has 1 fully saturated rings. The zero-order valence-electron chi connectivity index (χ0n) is 48.3. The van der Waals surface area contributed by atoms with Gasteiger partial charge >= 0.3 is 29.8 Å². The molecule has 3 aromatic rings. The molecular formula is C65H93NO15. The van der Waals surface area contributed by atoms with Crippen molar-refractivity contribution < 1.29 is 72.1 Å². The molecule has 0 saturated carbocycles. The molecule has 1 aliphatic rings. The molecule has 16 nitrogen and oxygen atoms in total. The summed E-state index contributed by atoms with van der Waals surface area (Å²) in [5.74, 6) is -5.43. The van der Waals surface area contributed by atoms with Gasteiger partial charge in [-0.3, -0.25) is 4.79 Å². The molecule has 3 N–H and O–H groups in total. The summed E-state index contributed by atoms with van der Waals surface area (Å²) in [6.07, 6.45) is 23.4. The van der Waals surface area contributed by atoms with E-state index in [4.69, 9.17) is 33.2 Å². The Bertz CT molecular complexity index is 2230. The van der Waals surface area contributed by atoms with Gasteiger partial charge in [-0.15, -0.1) is 0 Å². The van der Waals surface area contributed by atoms with E-state index in [1.165, 1.54) is 121 Å². The quantitative estimate of drug-likeness (QED) is 0.0207. The van der Waals surface area contributed by atoms with Crippen LogP contribution in [0.5, 0.6) is 0 Å². The molecule has 0 unspecified atom stereocenters. The van der Waals surface area contributed by atoms with Crippen molar-refractivity contribution in [1.82, 2.24) is 5.32 Å². The number of hydrogen-bond donors (Lipinski definition) is 3. The number of hydrogen-bond acceptors (Lipinski definition) is 13. The van der Waals surface area contributed by atoms with Crippen molar-refractivity contribution in [1.29, 1.82) is 0 Å². The lowest BCUT2D eigenvalue weighted by molar-refractivity contribution is -0.313. The van der Waals surface area contributed by atoms with Crippen LogP contribution >= 0.6 is 0 Å². The molecule has 1 amide bonds.